The van der Waals surface area contributed by atoms with Gasteiger partial charge in [0.05, 0.1) is 18.6 Å². The third kappa shape index (κ3) is 3.00. The van der Waals surface area contributed by atoms with Gasteiger partial charge in [-0.25, -0.2) is 0 Å². The molecule has 0 aliphatic heterocycles. The first kappa shape index (κ1) is 16.5. The van der Waals surface area contributed by atoms with Crippen LogP contribution in [-0.4, -0.2) is 18.1 Å². The number of aryl methyl sites for hydroxylation is 2. The molecule has 1 heterocycles. The number of ether oxygens (including phenoxy) is 1. The number of aliphatic hydroxyl groups excluding tert-OH is 1. The van der Waals surface area contributed by atoms with Crippen molar-refractivity contribution < 1.29 is 14.6 Å². The summed E-state index contributed by atoms with van der Waals surface area (Å²) in [4.78, 5) is 13.4. The zero-order chi connectivity index (χ0) is 17.3. The summed E-state index contributed by atoms with van der Waals surface area (Å²) in [5, 5.41) is 13.3. The van der Waals surface area contributed by atoms with Gasteiger partial charge in [-0.1, -0.05) is 12.1 Å². The minimum Gasteiger partial charge on any atom is -0.497 e. The molecule has 4 nitrogen and oxygen atoms in total. The average molecular weight is 341 g/mol. The van der Waals surface area contributed by atoms with Crippen LogP contribution in [0.1, 0.15) is 26.4 Å². The fourth-order valence-corrected chi connectivity index (χ4v) is 3.71. The van der Waals surface area contributed by atoms with E-state index in [-0.39, 0.29) is 12.5 Å². The number of nitrogens with one attached hydrogen (secondary N) is 1. The van der Waals surface area contributed by atoms with E-state index in [0.29, 0.717) is 4.88 Å². The van der Waals surface area contributed by atoms with Crippen molar-refractivity contribution >= 4 is 33.0 Å². The van der Waals surface area contributed by atoms with Gasteiger partial charge in [-0.3, -0.25) is 4.79 Å². The number of amides is 1. The SMILES string of the molecule is COc1ccc2sc(C(=O)Nc3cc(CO)ccc3C)c(C)c2c1. The van der Waals surface area contributed by atoms with E-state index in [2.05, 4.69) is 5.32 Å². The molecule has 124 valence electrons. The van der Waals surface area contributed by atoms with E-state index >= 15 is 0 Å². The molecule has 0 saturated carbocycles. The lowest BCUT2D eigenvalue weighted by Gasteiger charge is -2.09. The number of hydrogen-bond acceptors (Lipinski definition) is 4. The minimum absolute atomic E-state index is 0.0507. The van der Waals surface area contributed by atoms with Gasteiger partial charge in [0.2, 0.25) is 0 Å². The molecule has 0 saturated heterocycles. The number of hydrogen-bond donors (Lipinski definition) is 2. The van der Waals surface area contributed by atoms with Crippen LogP contribution in [0, 0.1) is 13.8 Å². The van der Waals surface area contributed by atoms with Crippen LogP contribution in [-0.2, 0) is 6.61 Å². The number of rotatable bonds is 4. The van der Waals surface area contributed by atoms with Crippen molar-refractivity contribution in [3.63, 3.8) is 0 Å². The Balaban J connectivity index is 1.96. The van der Waals surface area contributed by atoms with Crippen molar-refractivity contribution in [3.8, 4) is 5.75 Å². The van der Waals surface area contributed by atoms with Gasteiger partial charge in [-0.2, -0.15) is 0 Å². The number of aliphatic hydroxyl groups is 1. The second-order valence-electron chi connectivity index (χ2n) is 5.68. The van der Waals surface area contributed by atoms with Gasteiger partial charge in [0.25, 0.3) is 5.91 Å². The van der Waals surface area contributed by atoms with Gasteiger partial charge in [0, 0.05) is 10.4 Å². The lowest BCUT2D eigenvalue weighted by atomic mass is 10.1. The number of carbonyl (C=O) groups excluding carboxylic acids is 1. The summed E-state index contributed by atoms with van der Waals surface area (Å²) in [5.74, 6) is 0.646. The summed E-state index contributed by atoms with van der Waals surface area (Å²) in [6.45, 7) is 3.83. The molecule has 3 aromatic rings. The van der Waals surface area contributed by atoms with Crippen molar-refractivity contribution in [2.75, 3.05) is 12.4 Å². The van der Waals surface area contributed by atoms with Gasteiger partial charge in [0.15, 0.2) is 0 Å². The summed E-state index contributed by atoms with van der Waals surface area (Å²) in [6.07, 6.45) is 0. The molecule has 24 heavy (non-hydrogen) atoms. The van der Waals surface area contributed by atoms with Crippen LogP contribution in [0.5, 0.6) is 5.75 Å². The Hall–Kier alpha value is -2.37. The topological polar surface area (TPSA) is 58.6 Å². The minimum atomic E-state index is -0.133. The second-order valence-corrected chi connectivity index (χ2v) is 6.73. The Morgan fingerprint density at radius 3 is 2.71 bits per heavy atom. The monoisotopic (exact) mass is 341 g/mol. The Bertz CT molecular complexity index is 914. The Kier molecular flexibility index (Phi) is 4.55. The first-order valence-electron chi connectivity index (χ1n) is 7.62. The number of benzene rings is 2. The van der Waals surface area contributed by atoms with Gasteiger partial charge in [-0.05, 0) is 60.2 Å². The summed E-state index contributed by atoms with van der Waals surface area (Å²) in [7, 11) is 1.63. The molecule has 0 bridgehead atoms. The maximum absolute atomic E-state index is 12.7. The van der Waals surface area contributed by atoms with Crippen molar-refractivity contribution in [1.29, 1.82) is 0 Å². The molecule has 0 spiro atoms. The molecular formula is C19H19NO3S. The fraction of sp³-hybridized carbons (Fsp3) is 0.211. The molecule has 0 radical (unpaired) electrons. The lowest BCUT2D eigenvalue weighted by Crippen LogP contribution is -2.12. The second kappa shape index (κ2) is 6.63. The first-order chi connectivity index (χ1) is 11.5. The summed E-state index contributed by atoms with van der Waals surface area (Å²) in [5.41, 5.74) is 3.40. The molecule has 1 amide bonds. The third-order valence-electron chi connectivity index (χ3n) is 4.08. The largest absolute Gasteiger partial charge is 0.497 e. The zero-order valence-electron chi connectivity index (χ0n) is 13.8. The zero-order valence-corrected chi connectivity index (χ0v) is 14.7. The smallest absolute Gasteiger partial charge is 0.266 e. The quantitative estimate of drug-likeness (QED) is 0.745. The predicted octanol–water partition coefficient (Wildman–Crippen LogP) is 4.27. The molecule has 0 aliphatic rings. The molecule has 5 heteroatoms. The van der Waals surface area contributed by atoms with E-state index < -0.39 is 0 Å². The van der Waals surface area contributed by atoms with Crippen LogP contribution < -0.4 is 10.1 Å². The number of anilines is 1. The van der Waals surface area contributed by atoms with Crippen molar-refractivity contribution in [2.24, 2.45) is 0 Å². The Labute approximate surface area is 144 Å². The van der Waals surface area contributed by atoms with E-state index in [1.54, 1.807) is 13.2 Å². The molecule has 0 fully saturated rings. The molecule has 0 atom stereocenters. The highest BCUT2D eigenvalue weighted by Crippen LogP contribution is 2.34. The normalized spacial score (nSPS) is 10.8. The molecule has 2 aromatic carbocycles. The van der Waals surface area contributed by atoms with Crippen LogP contribution in [0.25, 0.3) is 10.1 Å². The fourth-order valence-electron chi connectivity index (χ4n) is 2.62. The van der Waals surface area contributed by atoms with Crippen molar-refractivity contribution in [3.05, 3.63) is 58.0 Å². The van der Waals surface area contributed by atoms with Crippen molar-refractivity contribution in [1.82, 2.24) is 0 Å². The number of thiophene rings is 1. The predicted molar refractivity (Wildman–Crippen MR) is 98.2 cm³/mol. The molecule has 0 unspecified atom stereocenters. The van der Waals surface area contributed by atoms with E-state index in [1.165, 1.54) is 11.3 Å². The van der Waals surface area contributed by atoms with Crippen LogP contribution in [0.3, 0.4) is 0 Å². The number of fused-ring (bicyclic) bond motifs is 1. The highest BCUT2D eigenvalue weighted by atomic mass is 32.1. The molecule has 3 rings (SSSR count). The van der Waals surface area contributed by atoms with E-state index in [1.807, 2.05) is 44.2 Å². The van der Waals surface area contributed by atoms with Crippen molar-refractivity contribution in [2.45, 2.75) is 20.5 Å². The molecular weight excluding hydrogens is 322 g/mol. The molecule has 1 aromatic heterocycles. The Morgan fingerprint density at radius 2 is 2.00 bits per heavy atom. The van der Waals surface area contributed by atoms with Gasteiger partial charge in [-0.15, -0.1) is 11.3 Å². The molecule has 2 N–H and O–H groups in total. The van der Waals surface area contributed by atoms with E-state index in [0.717, 1.165) is 38.2 Å². The first-order valence-corrected chi connectivity index (χ1v) is 8.44. The maximum Gasteiger partial charge on any atom is 0.266 e. The highest BCUT2D eigenvalue weighted by molar-refractivity contribution is 7.21. The van der Waals surface area contributed by atoms with Crippen LogP contribution >= 0.6 is 11.3 Å². The van der Waals surface area contributed by atoms with Crippen LogP contribution in [0.15, 0.2) is 36.4 Å². The number of methoxy groups -OCH3 is 1. The van der Waals surface area contributed by atoms with E-state index in [9.17, 15) is 9.90 Å². The standard InChI is InChI=1S/C19H19NO3S/c1-11-4-5-13(10-21)8-16(11)20-19(22)18-12(2)15-9-14(23-3)6-7-17(15)24-18/h4-9,21H,10H2,1-3H3,(H,20,22). The number of carbonyl (C=O) groups is 1. The maximum atomic E-state index is 12.7. The summed E-state index contributed by atoms with van der Waals surface area (Å²) < 4.78 is 6.32. The molecule has 0 aliphatic carbocycles. The lowest BCUT2D eigenvalue weighted by molar-refractivity contribution is 0.103. The van der Waals surface area contributed by atoms with Crippen LogP contribution in [0.4, 0.5) is 5.69 Å². The summed E-state index contributed by atoms with van der Waals surface area (Å²) in [6, 6.07) is 11.4. The van der Waals surface area contributed by atoms with E-state index in [4.69, 9.17) is 4.74 Å². The summed E-state index contributed by atoms with van der Waals surface area (Å²) >= 11 is 1.47. The van der Waals surface area contributed by atoms with Gasteiger partial charge in [0.1, 0.15) is 5.75 Å². The average Bonchev–Trinajstić information content (AvgIpc) is 2.93. The third-order valence-corrected chi connectivity index (χ3v) is 5.35. The highest BCUT2D eigenvalue weighted by Gasteiger charge is 2.17. The Morgan fingerprint density at radius 1 is 1.21 bits per heavy atom. The van der Waals surface area contributed by atoms with Crippen LogP contribution in [0.2, 0.25) is 0 Å². The van der Waals surface area contributed by atoms with Gasteiger partial charge < -0.3 is 15.2 Å². The van der Waals surface area contributed by atoms with Gasteiger partial charge >= 0.3 is 0 Å².